The molecule has 10 heteroatoms. The van der Waals surface area contributed by atoms with Gasteiger partial charge in [-0.05, 0) is 24.3 Å². The quantitative estimate of drug-likeness (QED) is 0.620. The molecular weight excluding hydrogens is 362 g/mol. The summed E-state index contributed by atoms with van der Waals surface area (Å²) in [7, 11) is 0. The van der Waals surface area contributed by atoms with Crippen LogP contribution in [0.25, 0.3) is 0 Å². The Hall–Kier alpha value is -2.94. The zero-order valence-electron chi connectivity index (χ0n) is 12.5. The first-order valence-corrected chi connectivity index (χ1v) is 7.16. The van der Waals surface area contributed by atoms with Crippen molar-refractivity contribution < 1.29 is 32.3 Å². The van der Waals surface area contributed by atoms with E-state index in [0.717, 1.165) is 0 Å². The van der Waals surface area contributed by atoms with Gasteiger partial charge >= 0.3 is 12.0 Å². The van der Waals surface area contributed by atoms with Crippen LogP contribution < -0.4 is 10.6 Å². The smallest absolute Gasteiger partial charge is 0.340 e. The Bertz CT molecular complexity index is 795. The molecule has 0 radical (unpaired) electrons. The molecule has 2 rings (SSSR count). The number of nitrogens with one attached hydrogen (secondary N) is 2. The highest BCUT2D eigenvalue weighted by molar-refractivity contribution is 6.33. The van der Waals surface area contributed by atoms with E-state index in [1.165, 1.54) is 6.26 Å². The Kier molecular flexibility index (Phi) is 6.07. The lowest BCUT2D eigenvalue weighted by molar-refractivity contribution is -0.123. The summed E-state index contributed by atoms with van der Waals surface area (Å²) >= 11 is 5.61. The zero-order chi connectivity index (χ0) is 18.4. The summed E-state index contributed by atoms with van der Waals surface area (Å²) in [4.78, 5) is 34.7. The molecule has 2 N–H and O–H groups in total. The van der Waals surface area contributed by atoms with Crippen molar-refractivity contribution in [3.8, 4) is 0 Å². The van der Waals surface area contributed by atoms with Gasteiger partial charge < -0.3 is 14.5 Å². The van der Waals surface area contributed by atoms with Gasteiger partial charge in [0.25, 0.3) is 5.91 Å². The first kappa shape index (κ1) is 18.4. The van der Waals surface area contributed by atoms with Gasteiger partial charge in [0.1, 0.15) is 5.76 Å². The van der Waals surface area contributed by atoms with Crippen LogP contribution in [0.3, 0.4) is 0 Å². The van der Waals surface area contributed by atoms with Crippen LogP contribution in [0.5, 0.6) is 0 Å². The predicted molar refractivity (Wildman–Crippen MR) is 80.7 cm³/mol. The number of ether oxygens (including phenoxy) is 1. The van der Waals surface area contributed by atoms with Crippen LogP contribution in [0.4, 0.5) is 13.6 Å². The summed E-state index contributed by atoms with van der Waals surface area (Å²) in [6.45, 7) is -0.765. The fourth-order valence-corrected chi connectivity index (χ4v) is 1.90. The van der Waals surface area contributed by atoms with Gasteiger partial charge in [-0.15, -0.1) is 0 Å². The molecule has 1 aromatic heterocycles. The maximum atomic E-state index is 13.1. The van der Waals surface area contributed by atoms with Gasteiger partial charge in [-0.2, -0.15) is 0 Å². The Balaban J connectivity index is 1.80. The number of amides is 3. The summed E-state index contributed by atoms with van der Waals surface area (Å²) in [6, 6.07) is 3.57. The van der Waals surface area contributed by atoms with E-state index >= 15 is 0 Å². The summed E-state index contributed by atoms with van der Waals surface area (Å²) in [5.74, 6) is -4.12. The SMILES string of the molecule is O=C(COC(=O)c1cc(F)c(F)cc1Cl)NC(=O)NCc1ccco1. The minimum Gasteiger partial charge on any atom is -0.467 e. The number of halogens is 3. The maximum Gasteiger partial charge on any atom is 0.340 e. The number of rotatable bonds is 5. The second-order valence-electron chi connectivity index (χ2n) is 4.63. The lowest BCUT2D eigenvalue weighted by Crippen LogP contribution is -2.41. The van der Waals surface area contributed by atoms with E-state index in [2.05, 4.69) is 10.1 Å². The largest absolute Gasteiger partial charge is 0.467 e. The Morgan fingerprint density at radius 1 is 1.20 bits per heavy atom. The van der Waals surface area contributed by atoms with E-state index in [1.54, 1.807) is 12.1 Å². The van der Waals surface area contributed by atoms with Crippen molar-refractivity contribution in [2.75, 3.05) is 6.61 Å². The maximum absolute atomic E-state index is 13.1. The molecule has 1 aromatic carbocycles. The van der Waals surface area contributed by atoms with Crippen molar-refractivity contribution in [1.82, 2.24) is 10.6 Å². The van der Waals surface area contributed by atoms with Crippen LogP contribution in [-0.4, -0.2) is 24.5 Å². The third kappa shape index (κ3) is 5.28. The van der Waals surface area contributed by atoms with Crippen molar-refractivity contribution in [2.24, 2.45) is 0 Å². The minimum absolute atomic E-state index is 0.0519. The summed E-state index contributed by atoms with van der Waals surface area (Å²) < 4.78 is 35.6. The van der Waals surface area contributed by atoms with Gasteiger partial charge in [-0.1, -0.05) is 11.6 Å². The second kappa shape index (κ2) is 8.25. The van der Waals surface area contributed by atoms with Crippen LogP contribution in [0.2, 0.25) is 5.02 Å². The first-order valence-electron chi connectivity index (χ1n) is 6.78. The highest BCUT2D eigenvalue weighted by Crippen LogP contribution is 2.20. The third-order valence-electron chi connectivity index (χ3n) is 2.82. The van der Waals surface area contributed by atoms with Gasteiger partial charge in [-0.25, -0.2) is 18.4 Å². The van der Waals surface area contributed by atoms with Gasteiger partial charge in [0.2, 0.25) is 0 Å². The monoisotopic (exact) mass is 372 g/mol. The van der Waals surface area contributed by atoms with Crippen LogP contribution in [-0.2, 0) is 16.1 Å². The summed E-state index contributed by atoms with van der Waals surface area (Å²) in [5, 5.41) is 3.88. The van der Waals surface area contributed by atoms with Crippen LogP contribution in [0.15, 0.2) is 34.9 Å². The van der Waals surface area contributed by atoms with Gasteiger partial charge in [0.05, 0.1) is 23.4 Å². The van der Waals surface area contributed by atoms with Crippen LogP contribution >= 0.6 is 11.6 Å². The Labute approximate surface area is 144 Å². The number of benzene rings is 1. The number of urea groups is 1. The van der Waals surface area contributed by atoms with E-state index in [0.29, 0.717) is 17.9 Å². The molecular formula is C15H11ClF2N2O5. The number of furan rings is 1. The average molecular weight is 373 g/mol. The van der Waals surface area contributed by atoms with Gasteiger partial charge in [0, 0.05) is 0 Å². The Morgan fingerprint density at radius 3 is 2.60 bits per heavy atom. The molecule has 0 fully saturated rings. The highest BCUT2D eigenvalue weighted by Gasteiger charge is 2.18. The molecule has 1 heterocycles. The summed E-state index contributed by atoms with van der Waals surface area (Å²) in [6.07, 6.45) is 1.42. The van der Waals surface area contributed by atoms with E-state index in [9.17, 15) is 23.2 Å². The molecule has 0 aliphatic carbocycles. The molecule has 0 unspecified atom stereocenters. The highest BCUT2D eigenvalue weighted by atomic mass is 35.5. The van der Waals surface area contributed by atoms with E-state index in [1.807, 2.05) is 5.32 Å². The molecule has 0 saturated heterocycles. The van der Waals surface area contributed by atoms with Gasteiger partial charge in [-0.3, -0.25) is 10.1 Å². The first-order chi connectivity index (χ1) is 11.9. The molecule has 0 saturated carbocycles. The number of carbonyl (C=O) groups is 3. The normalized spacial score (nSPS) is 10.2. The van der Waals surface area contributed by atoms with Gasteiger partial charge in [0.15, 0.2) is 18.2 Å². The molecule has 2 aromatic rings. The topological polar surface area (TPSA) is 97.6 Å². The van der Waals surface area contributed by atoms with Crippen molar-refractivity contribution in [3.63, 3.8) is 0 Å². The fraction of sp³-hybridized carbons (Fsp3) is 0.133. The summed E-state index contributed by atoms with van der Waals surface area (Å²) in [5.41, 5.74) is -0.448. The minimum atomic E-state index is -1.29. The molecule has 25 heavy (non-hydrogen) atoms. The fourth-order valence-electron chi connectivity index (χ4n) is 1.68. The number of hydrogen-bond acceptors (Lipinski definition) is 5. The van der Waals surface area contributed by atoms with Crippen molar-refractivity contribution in [1.29, 1.82) is 0 Å². The predicted octanol–water partition coefficient (Wildman–Crippen LogP) is 2.39. The molecule has 3 amide bonds. The van der Waals surface area contributed by atoms with Crippen LogP contribution in [0, 0.1) is 11.6 Å². The lowest BCUT2D eigenvalue weighted by atomic mass is 10.2. The lowest BCUT2D eigenvalue weighted by Gasteiger charge is -2.08. The van der Waals surface area contributed by atoms with E-state index < -0.39 is 41.7 Å². The Morgan fingerprint density at radius 2 is 1.92 bits per heavy atom. The number of esters is 1. The van der Waals surface area contributed by atoms with E-state index in [4.69, 9.17) is 16.0 Å². The standard InChI is InChI=1S/C15H11ClF2N2O5/c16-10-5-12(18)11(17)4-9(10)14(22)25-7-13(21)20-15(23)19-6-8-2-1-3-24-8/h1-5H,6-7H2,(H2,19,20,21,23). The van der Waals surface area contributed by atoms with Crippen LogP contribution in [0.1, 0.15) is 16.1 Å². The van der Waals surface area contributed by atoms with Crippen molar-refractivity contribution >= 4 is 29.5 Å². The molecule has 0 spiro atoms. The third-order valence-corrected chi connectivity index (χ3v) is 3.13. The average Bonchev–Trinajstić information content (AvgIpc) is 3.07. The van der Waals surface area contributed by atoms with E-state index in [-0.39, 0.29) is 11.6 Å². The van der Waals surface area contributed by atoms with Crippen molar-refractivity contribution in [3.05, 3.63) is 58.5 Å². The zero-order valence-corrected chi connectivity index (χ0v) is 13.2. The number of carbonyl (C=O) groups excluding carboxylic acids is 3. The molecule has 7 nitrogen and oxygen atoms in total. The molecule has 132 valence electrons. The number of hydrogen-bond donors (Lipinski definition) is 2. The molecule has 0 aliphatic heterocycles. The number of imide groups is 1. The van der Waals surface area contributed by atoms with Crippen molar-refractivity contribution in [2.45, 2.75) is 6.54 Å². The molecule has 0 bridgehead atoms. The second-order valence-corrected chi connectivity index (χ2v) is 5.04. The molecule has 0 atom stereocenters. The molecule has 0 aliphatic rings.